The summed E-state index contributed by atoms with van der Waals surface area (Å²) in [6.45, 7) is 4.44. The van der Waals surface area contributed by atoms with Crippen molar-refractivity contribution < 1.29 is 18.9 Å². The summed E-state index contributed by atoms with van der Waals surface area (Å²) in [5.74, 6) is 1.55. The average molecular weight is 431 g/mol. The van der Waals surface area contributed by atoms with Gasteiger partial charge in [0.05, 0.1) is 33.5 Å². The molecule has 0 heterocycles. The van der Waals surface area contributed by atoms with Gasteiger partial charge in [-0.3, -0.25) is 0 Å². The molecular weight excluding hydrogens is 402 g/mol. The van der Waals surface area contributed by atoms with Gasteiger partial charge < -0.3 is 18.9 Å². The fourth-order valence-corrected chi connectivity index (χ4v) is 3.62. The van der Waals surface area contributed by atoms with E-state index in [0.717, 1.165) is 28.2 Å². The van der Waals surface area contributed by atoms with Crippen molar-refractivity contribution in [3.05, 3.63) is 102 Å². The van der Waals surface area contributed by atoms with Crippen molar-refractivity contribution in [2.45, 2.75) is 18.1 Å². The van der Waals surface area contributed by atoms with Crippen LogP contribution in [-0.4, -0.2) is 33.5 Å². The molecule has 32 heavy (non-hydrogen) atoms. The Morgan fingerprint density at radius 1 is 0.781 bits per heavy atom. The number of methoxy groups -OCH3 is 2. The van der Waals surface area contributed by atoms with Gasteiger partial charge in [0.15, 0.2) is 0 Å². The number of rotatable bonds is 11. The minimum atomic E-state index is -0.848. The molecule has 0 saturated heterocycles. The van der Waals surface area contributed by atoms with Crippen molar-refractivity contribution in [2.24, 2.45) is 0 Å². The first-order chi connectivity index (χ1) is 15.6. The van der Waals surface area contributed by atoms with Gasteiger partial charge in [-0.25, -0.2) is 0 Å². The second-order valence-electron chi connectivity index (χ2n) is 7.19. The zero-order valence-electron chi connectivity index (χ0n) is 18.5. The molecule has 0 aliphatic heterocycles. The summed E-state index contributed by atoms with van der Waals surface area (Å²) in [5.41, 5.74) is 2.10. The molecule has 1 radical (unpaired) electrons. The van der Waals surface area contributed by atoms with Crippen molar-refractivity contribution in [3.63, 3.8) is 0 Å². The van der Waals surface area contributed by atoms with E-state index in [4.69, 9.17) is 24.2 Å². The molecule has 1 unspecified atom stereocenters. The predicted molar refractivity (Wildman–Crippen MR) is 124 cm³/mol. The van der Waals surface area contributed by atoms with Crippen molar-refractivity contribution in [1.82, 2.24) is 0 Å². The Kier molecular flexibility index (Phi) is 8.27. The van der Waals surface area contributed by atoms with Crippen LogP contribution in [0, 0.1) is 18.3 Å². The molecule has 1 atom stereocenters. The monoisotopic (exact) mass is 430 g/mol. The molecule has 3 rings (SSSR count). The van der Waals surface area contributed by atoms with Gasteiger partial charge in [-0.2, -0.15) is 5.26 Å². The zero-order chi connectivity index (χ0) is 22.8. The highest BCUT2D eigenvalue weighted by Crippen LogP contribution is 2.41. The van der Waals surface area contributed by atoms with Crippen molar-refractivity contribution in [2.75, 3.05) is 27.4 Å². The van der Waals surface area contributed by atoms with Crippen molar-refractivity contribution in [3.8, 4) is 17.6 Å². The number of hydrogen-bond donors (Lipinski definition) is 0. The minimum Gasteiger partial charge on any atom is -0.497 e. The molecule has 0 aliphatic carbocycles. The number of nitriles is 1. The van der Waals surface area contributed by atoms with Gasteiger partial charge in [0.2, 0.25) is 0 Å². The lowest BCUT2D eigenvalue weighted by molar-refractivity contribution is -0.00219. The first-order valence-corrected chi connectivity index (χ1v) is 10.5. The predicted octanol–water partition coefficient (Wildman–Crippen LogP) is 5.15. The molecule has 0 amide bonds. The molecule has 0 bridgehead atoms. The van der Waals surface area contributed by atoms with E-state index in [-0.39, 0.29) is 0 Å². The van der Waals surface area contributed by atoms with E-state index in [9.17, 15) is 0 Å². The Morgan fingerprint density at radius 2 is 1.28 bits per heavy atom. The summed E-state index contributed by atoms with van der Waals surface area (Å²) < 4.78 is 22.8. The Morgan fingerprint density at radius 3 is 1.75 bits per heavy atom. The maximum atomic E-state index is 8.86. The molecule has 5 nitrogen and oxygen atoms in total. The van der Waals surface area contributed by atoms with E-state index in [1.54, 1.807) is 14.2 Å². The molecule has 3 aromatic carbocycles. The Bertz CT molecular complexity index is 947. The number of hydrogen-bond acceptors (Lipinski definition) is 5. The summed E-state index contributed by atoms with van der Waals surface area (Å²) in [6.07, 6.45) is -0.0636. The molecule has 5 heteroatoms. The quantitative estimate of drug-likeness (QED) is 0.311. The number of benzene rings is 3. The van der Waals surface area contributed by atoms with Crippen LogP contribution in [-0.2, 0) is 15.1 Å². The van der Waals surface area contributed by atoms with Crippen LogP contribution >= 0.6 is 0 Å². The molecule has 0 aromatic heterocycles. The largest absolute Gasteiger partial charge is 0.497 e. The maximum absolute atomic E-state index is 8.86. The summed E-state index contributed by atoms with van der Waals surface area (Å²) in [7, 11) is 3.30. The highest BCUT2D eigenvalue weighted by Gasteiger charge is 2.37. The normalized spacial score (nSPS) is 12.1. The van der Waals surface area contributed by atoms with E-state index in [0.29, 0.717) is 19.6 Å². The van der Waals surface area contributed by atoms with Gasteiger partial charge in [-0.05, 0) is 54.3 Å². The second-order valence-corrected chi connectivity index (χ2v) is 7.19. The van der Waals surface area contributed by atoms with E-state index >= 15 is 0 Å². The van der Waals surface area contributed by atoms with Crippen LogP contribution in [0.15, 0.2) is 78.9 Å². The Hall–Kier alpha value is -3.33. The molecule has 0 N–H and O–H groups in total. The Labute approximate surface area is 190 Å². The Balaban J connectivity index is 2.03. The maximum Gasteiger partial charge on any atom is 0.144 e. The summed E-state index contributed by atoms with van der Waals surface area (Å²) >= 11 is 0. The molecular formula is C27H28NO4. The fraction of sp³-hybridized carbons (Fsp3) is 0.259. The molecule has 0 spiro atoms. The third-order valence-corrected chi connectivity index (χ3v) is 5.24. The van der Waals surface area contributed by atoms with Gasteiger partial charge in [-0.15, -0.1) is 0 Å². The standard InChI is InChI=1S/C27H28NO4/c1-21(20-28)31-18-7-19-32-27(22-8-5-4-6-9-22,23-10-14-25(29-2)15-11-23)24-12-16-26(30-3)17-13-24/h4-6,8-17,21H,1,7,18-19H2,2-3H3. The lowest BCUT2D eigenvalue weighted by atomic mass is 9.80. The smallest absolute Gasteiger partial charge is 0.144 e. The van der Waals surface area contributed by atoms with Crippen molar-refractivity contribution in [1.29, 1.82) is 5.26 Å². The average Bonchev–Trinajstić information content (AvgIpc) is 2.87. The zero-order valence-corrected chi connectivity index (χ0v) is 18.5. The first kappa shape index (κ1) is 23.3. The van der Waals surface area contributed by atoms with E-state index in [1.807, 2.05) is 72.8 Å². The lowest BCUT2D eigenvalue weighted by Gasteiger charge is -2.36. The molecule has 0 saturated carbocycles. The number of ether oxygens (including phenoxy) is 4. The van der Waals surface area contributed by atoms with Crippen LogP contribution in [0.5, 0.6) is 11.5 Å². The van der Waals surface area contributed by atoms with Crippen LogP contribution in [0.1, 0.15) is 23.1 Å². The van der Waals surface area contributed by atoms with Gasteiger partial charge in [0.25, 0.3) is 0 Å². The second kappa shape index (κ2) is 11.3. The molecule has 0 aliphatic rings. The van der Waals surface area contributed by atoms with Crippen LogP contribution in [0.2, 0.25) is 0 Å². The van der Waals surface area contributed by atoms with Gasteiger partial charge in [0, 0.05) is 0 Å². The topological polar surface area (TPSA) is 60.7 Å². The van der Waals surface area contributed by atoms with Crippen LogP contribution in [0.3, 0.4) is 0 Å². The van der Waals surface area contributed by atoms with Gasteiger partial charge in [0.1, 0.15) is 23.2 Å². The van der Waals surface area contributed by atoms with Crippen LogP contribution in [0.4, 0.5) is 0 Å². The molecule has 3 aromatic rings. The fourth-order valence-electron chi connectivity index (χ4n) is 3.62. The SMILES string of the molecule is [CH2]C(C#N)OCCCOC(c1ccccc1)(c1ccc(OC)cc1)c1ccc(OC)cc1. The van der Waals surface area contributed by atoms with E-state index in [2.05, 4.69) is 19.1 Å². The molecule has 165 valence electrons. The van der Waals surface area contributed by atoms with Crippen molar-refractivity contribution >= 4 is 0 Å². The van der Waals surface area contributed by atoms with Crippen LogP contribution < -0.4 is 9.47 Å². The number of nitrogens with zero attached hydrogens (tertiary/aromatic N) is 1. The highest BCUT2D eigenvalue weighted by molar-refractivity contribution is 5.49. The summed E-state index contributed by atoms with van der Waals surface area (Å²) in [6, 6.07) is 27.9. The molecule has 0 fully saturated rings. The van der Waals surface area contributed by atoms with Gasteiger partial charge >= 0.3 is 0 Å². The first-order valence-electron chi connectivity index (χ1n) is 10.5. The summed E-state index contributed by atoms with van der Waals surface area (Å²) in [5, 5.41) is 8.86. The lowest BCUT2D eigenvalue weighted by Crippen LogP contribution is -2.33. The van der Waals surface area contributed by atoms with E-state index < -0.39 is 11.7 Å². The van der Waals surface area contributed by atoms with Crippen LogP contribution in [0.25, 0.3) is 0 Å². The third kappa shape index (κ3) is 5.28. The third-order valence-electron chi connectivity index (χ3n) is 5.24. The van der Waals surface area contributed by atoms with E-state index in [1.165, 1.54) is 0 Å². The summed E-state index contributed by atoms with van der Waals surface area (Å²) in [4.78, 5) is 0. The highest BCUT2D eigenvalue weighted by atomic mass is 16.5. The minimum absolute atomic E-state index is 0.387. The van der Waals surface area contributed by atoms with Gasteiger partial charge in [-0.1, -0.05) is 54.6 Å².